The first kappa shape index (κ1) is 21.3. The lowest BCUT2D eigenvalue weighted by molar-refractivity contribution is 0.103. The standard InChI is InChI=1S/C17H24Cl2N2.2ClH/c18-14-6-7-15(16(19)12-14)17(13-4-2-1-3-5-13)21-10-8-20-9-11-21;;/h6-7,12-13,17,20H,1-5,8-11H2;2*1H/t17-;;/m0../s1. The number of nitrogens with zero attached hydrogens (tertiary/aromatic N) is 1. The Balaban J connectivity index is 0.00000132. The lowest BCUT2D eigenvalue weighted by Crippen LogP contribution is -2.47. The Morgan fingerprint density at radius 2 is 1.65 bits per heavy atom. The summed E-state index contributed by atoms with van der Waals surface area (Å²) < 4.78 is 0. The molecule has 0 unspecified atom stereocenters. The minimum atomic E-state index is 0. The molecule has 1 aliphatic heterocycles. The summed E-state index contributed by atoms with van der Waals surface area (Å²) in [5.74, 6) is 0.732. The molecule has 1 atom stereocenters. The Bertz CT molecular complexity index is 454. The number of benzene rings is 1. The van der Waals surface area contributed by atoms with Gasteiger partial charge in [0.05, 0.1) is 0 Å². The smallest absolute Gasteiger partial charge is 0.0468 e. The maximum absolute atomic E-state index is 6.54. The van der Waals surface area contributed by atoms with Crippen molar-refractivity contribution in [3.63, 3.8) is 0 Å². The number of hydrogen-bond acceptors (Lipinski definition) is 2. The lowest BCUT2D eigenvalue weighted by atomic mass is 9.80. The normalized spacial score (nSPS) is 21.1. The summed E-state index contributed by atoms with van der Waals surface area (Å²) in [6.45, 7) is 4.38. The zero-order valence-electron chi connectivity index (χ0n) is 13.3. The minimum Gasteiger partial charge on any atom is -0.314 e. The van der Waals surface area contributed by atoms with E-state index in [0.29, 0.717) is 6.04 Å². The fourth-order valence-electron chi connectivity index (χ4n) is 3.90. The molecule has 23 heavy (non-hydrogen) atoms. The first-order valence-electron chi connectivity index (χ1n) is 8.15. The molecule has 0 spiro atoms. The molecule has 1 aliphatic carbocycles. The molecule has 1 saturated heterocycles. The van der Waals surface area contributed by atoms with Crippen LogP contribution in [0.5, 0.6) is 0 Å². The van der Waals surface area contributed by atoms with Gasteiger partial charge in [0.15, 0.2) is 0 Å². The molecule has 0 radical (unpaired) electrons. The zero-order valence-corrected chi connectivity index (χ0v) is 16.4. The minimum absolute atomic E-state index is 0. The third-order valence-electron chi connectivity index (χ3n) is 4.92. The van der Waals surface area contributed by atoms with Crippen LogP contribution >= 0.6 is 48.0 Å². The van der Waals surface area contributed by atoms with Crippen LogP contribution in [0.2, 0.25) is 10.0 Å². The van der Waals surface area contributed by atoms with Crippen molar-refractivity contribution in [1.82, 2.24) is 10.2 Å². The van der Waals surface area contributed by atoms with Crippen molar-refractivity contribution in [2.45, 2.75) is 38.1 Å². The fourth-order valence-corrected chi connectivity index (χ4v) is 4.42. The van der Waals surface area contributed by atoms with Crippen LogP contribution in [0.4, 0.5) is 0 Å². The van der Waals surface area contributed by atoms with Crippen molar-refractivity contribution in [3.05, 3.63) is 33.8 Å². The van der Waals surface area contributed by atoms with Crippen LogP contribution in [-0.2, 0) is 0 Å². The lowest BCUT2D eigenvalue weighted by Gasteiger charge is -2.41. The summed E-state index contributed by atoms with van der Waals surface area (Å²) >= 11 is 12.6. The number of piperazine rings is 1. The second-order valence-electron chi connectivity index (χ2n) is 6.29. The van der Waals surface area contributed by atoms with E-state index in [1.807, 2.05) is 12.1 Å². The van der Waals surface area contributed by atoms with E-state index in [1.165, 1.54) is 37.7 Å². The molecular weight excluding hydrogens is 374 g/mol. The van der Waals surface area contributed by atoms with Crippen LogP contribution in [0.15, 0.2) is 18.2 Å². The highest BCUT2D eigenvalue weighted by molar-refractivity contribution is 6.35. The molecule has 0 bridgehead atoms. The van der Waals surface area contributed by atoms with E-state index in [9.17, 15) is 0 Å². The Labute approximate surface area is 162 Å². The predicted octanol–water partition coefficient (Wildman–Crippen LogP) is 5.36. The van der Waals surface area contributed by atoms with Gasteiger partial charge < -0.3 is 5.32 Å². The molecule has 2 aliphatic rings. The number of nitrogens with one attached hydrogen (secondary N) is 1. The Morgan fingerprint density at radius 1 is 1.00 bits per heavy atom. The highest BCUT2D eigenvalue weighted by atomic mass is 35.5. The molecule has 1 aromatic carbocycles. The van der Waals surface area contributed by atoms with Gasteiger partial charge in [0.25, 0.3) is 0 Å². The summed E-state index contributed by atoms with van der Waals surface area (Å²) in [6, 6.07) is 6.49. The maximum atomic E-state index is 6.54. The molecule has 2 nitrogen and oxygen atoms in total. The van der Waals surface area contributed by atoms with Gasteiger partial charge in [0, 0.05) is 42.3 Å². The van der Waals surface area contributed by atoms with Gasteiger partial charge >= 0.3 is 0 Å². The Morgan fingerprint density at radius 3 is 2.26 bits per heavy atom. The van der Waals surface area contributed by atoms with Crippen LogP contribution in [0, 0.1) is 5.92 Å². The topological polar surface area (TPSA) is 15.3 Å². The monoisotopic (exact) mass is 398 g/mol. The molecule has 6 heteroatoms. The summed E-state index contributed by atoms with van der Waals surface area (Å²) in [6.07, 6.45) is 6.76. The average molecular weight is 400 g/mol. The summed E-state index contributed by atoms with van der Waals surface area (Å²) in [7, 11) is 0. The van der Waals surface area contributed by atoms with Crippen molar-refractivity contribution < 1.29 is 0 Å². The van der Waals surface area contributed by atoms with E-state index in [2.05, 4.69) is 16.3 Å². The number of hydrogen-bond donors (Lipinski definition) is 1. The SMILES string of the molecule is Cl.Cl.Clc1ccc([C@H](C2CCCCC2)N2CCNCC2)c(Cl)c1. The third-order valence-corrected chi connectivity index (χ3v) is 5.48. The molecule has 3 rings (SSSR count). The van der Waals surface area contributed by atoms with Gasteiger partial charge in [-0.15, -0.1) is 24.8 Å². The zero-order chi connectivity index (χ0) is 14.7. The van der Waals surface area contributed by atoms with Crippen LogP contribution in [-0.4, -0.2) is 31.1 Å². The van der Waals surface area contributed by atoms with Gasteiger partial charge in [-0.05, 0) is 36.5 Å². The van der Waals surface area contributed by atoms with Crippen LogP contribution in [0.3, 0.4) is 0 Å². The van der Waals surface area contributed by atoms with E-state index < -0.39 is 0 Å². The maximum Gasteiger partial charge on any atom is 0.0468 e. The van der Waals surface area contributed by atoms with E-state index in [0.717, 1.165) is 42.1 Å². The summed E-state index contributed by atoms with van der Waals surface area (Å²) in [5, 5.41) is 5.01. The molecule has 132 valence electrons. The molecule has 1 aromatic rings. The molecule has 2 fully saturated rings. The molecule has 1 heterocycles. The van der Waals surface area contributed by atoms with Crippen molar-refractivity contribution in [1.29, 1.82) is 0 Å². The number of halogens is 4. The fraction of sp³-hybridized carbons (Fsp3) is 0.647. The van der Waals surface area contributed by atoms with Crippen molar-refractivity contribution in [2.75, 3.05) is 26.2 Å². The van der Waals surface area contributed by atoms with E-state index >= 15 is 0 Å². The predicted molar refractivity (Wildman–Crippen MR) is 105 cm³/mol. The molecule has 0 aromatic heterocycles. The molecular formula is C17H26Cl4N2. The van der Waals surface area contributed by atoms with Gasteiger partial charge in [0.2, 0.25) is 0 Å². The molecule has 1 saturated carbocycles. The largest absolute Gasteiger partial charge is 0.314 e. The molecule has 0 amide bonds. The van der Waals surface area contributed by atoms with Gasteiger partial charge in [-0.3, -0.25) is 4.90 Å². The van der Waals surface area contributed by atoms with Gasteiger partial charge in [0.1, 0.15) is 0 Å². The van der Waals surface area contributed by atoms with Crippen molar-refractivity contribution in [3.8, 4) is 0 Å². The first-order valence-corrected chi connectivity index (χ1v) is 8.91. The van der Waals surface area contributed by atoms with Gasteiger partial charge in [-0.2, -0.15) is 0 Å². The molecule has 1 N–H and O–H groups in total. The van der Waals surface area contributed by atoms with Gasteiger partial charge in [-0.25, -0.2) is 0 Å². The van der Waals surface area contributed by atoms with E-state index in [-0.39, 0.29) is 24.8 Å². The van der Waals surface area contributed by atoms with Crippen LogP contribution in [0.1, 0.15) is 43.7 Å². The van der Waals surface area contributed by atoms with Crippen molar-refractivity contribution >= 4 is 48.0 Å². The van der Waals surface area contributed by atoms with Crippen LogP contribution in [0.25, 0.3) is 0 Å². The summed E-state index contributed by atoms with van der Waals surface area (Å²) in [5.41, 5.74) is 1.27. The highest BCUT2D eigenvalue weighted by Crippen LogP contribution is 2.41. The second-order valence-corrected chi connectivity index (χ2v) is 7.14. The Hall–Kier alpha value is 0.300. The Kier molecular flexibility index (Phi) is 9.58. The average Bonchev–Trinajstić information content (AvgIpc) is 2.52. The van der Waals surface area contributed by atoms with Crippen molar-refractivity contribution in [2.24, 2.45) is 5.92 Å². The first-order chi connectivity index (χ1) is 10.3. The van der Waals surface area contributed by atoms with E-state index in [1.54, 1.807) is 0 Å². The third kappa shape index (κ3) is 5.39. The van der Waals surface area contributed by atoms with Gasteiger partial charge in [-0.1, -0.05) is 48.5 Å². The van der Waals surface area contributed by atoms with E-state index in [4.69, 9.17) is 23.2 Å². The number of rotatable bonds is 3. The quantitative estimate of drug-likeness (QED) is 0.735. The van der Waals surface area contributed by atoms with Crippen LogP contribution < -0.4 is 5.32 Å². The second kappa shape index (κ2) is 10.3. The highest BCUT2D eigenvalue weighted by Gasteiger charge is 2.32. The summed E-state index contributed by atoms with van der Waals surface area (Å²) in [4.78, 5) is 2.63.